The van der Waals surface area contributed by atoms with Gasteiger partial charge in [0.1, 0.15) is 5.52 Å². The zero-order valence-corrected chi connectivity index (χ0v) is 10.9. The van der Waals surface area contributed by atoms with Crippen LogP contribution >= 0.6 is 12.2 Å². The quantitative estimate of drug-likeness (QED) is 0.763. The van der Waals surface area contributed by atoms with E-state index in [1.165, 1.54) is 0 Å². The maximum Gasteiger partial charge on any atom is 0.184 e. The first kappa shape index (κ1) is 11.8. The van der Waals surface area contributed by atoms with Crippen LogP contribution in [0.5, 0.6) is 0 Å². The van der Waals surface area contributed by atoms with Crippen molar-refractivity contribution in [1.82, 2.24) is 9.55 Å². The molecule has 1 aromatic carbocycles. The van der Waals surface area contributed by atoms with Crippen molar-refractivity contribution in [2.45, 2.75) is 32.2 Å². The van der Waals surface area contributed by atoms with Crippen LogP contribution in [0, 0.1) is 22.3 Å². The number of benzene rings is 1. The summed E-state index contributed by atoms with van der Waals surface area (Å²) in [5, 5.41) is 0. The van der Waals surface area contributed by atoms with Crippen LogP contribution < -0.4 is 0 Å². The zero-order chi connectivity index (χ0) is 12.9. The molecule has 2 nitrogen and oxygen atoms in total. The van der Waals surface area contributed by atoms with Crippen molar-refractivity contribution in [3.05, 3.63) is 28.5 Å². The highest BCUT2D eigenvalue weighted by Crippen LogP contribution is 2.37. The zero-order valence-electron chi connectivity index (χ0n) is 10.0. The second-order valence-electron chi connectivity index (χ2n) is 5.13. The molecule has 1 heterocycles. The molecule has 2 aromatic rings. The van der Waals surface area contributed by atoms with E-state index in [9.17, 15) is 8.78 Å². The van der Waals surface area contributed by atoms with Gasteiger partial charge in [0.2, 0.25) is 0 Å². The van der Waals surface area contributed by atoms with Gasteiger partial charge in [-0.2, -0.15) is 0 Å². The van der Waals surface area contributed by atoms with Crippen LogP contribution in [0.4, 0.5) is 8.78 Å². The fourth-order valence-electron chi connectivity index (χ4n) is 2.91. The van der Waals surface area contributed by atoms with Gasteiger partial charge in [-0.25, -0.2) is 8.78 Å². The van der Waals surface area contributed by atoms with Gasteiger partial charge in [-0.1, -0.05) is 6.92 Å². The largest absolute Gasteiger partial charge is 0.330 e. The summed E-state index contributed by atoms with van der Waals surface area (Å²) in [6, 6.07) is 2.85. The number of aromatic amines is 1. The van der Waals surface area contributed by atoms with Gasteiger partial charge in [-0.15, -0.1) is 0 Å². The third kappa shape index (κ3) is 1.68. The monoisotopic (exact) mass is 268 g/mol. The molecule has 1 fully saturated rings. The average molecular weight is 268 g/mol. The maximum absolute atomic E-state index is 14.0. The molecule has 0 spiro atoms. The van der Waals surface area contributed by atoms with E-state index in [1.54, 1.807) is 10.6 Å². The molecule has 0 radical (unpaired) electrons. The Hall–Kier alpha value is -1.23. The van der Waals surface area contributed by atoms with Gasteiger partial charge >= 0.3 is 0 Å². The van der Waals surface area contributed by atoms with Gasteiger partial charge in [-0.3, -0.25) is 0 Å². The molecule has 5 heteroatoms. The van der Waals surface area contributed by atoms with Crippen molar-refractivity contribution in [2.75, 3.05) is 0 Å². The van der Waals surface area contributed by atoms with Crippen molar-refractivity contribution in [2.24, 2.45) is 5.92 Å². The molecule has 0 amide bonds. The number of imidazole rings is 1. The van der Waals surface area contributed by atoms with Crippen molar-refractivity contribution < 1.29 is 8.78 Å². The Labute approximate surface area is 109 Å². The Morgan fingerprint density at radius 2 is 2.11 bits per heavy atom. The molecule has 1 aromatic heterocycles. The number of H-pyrrole nitrogens is 1. The van der Waals surface area contributed by atoms with E-state index >= 15 is 0 Å². The number of fused-ring (bicyclic) bond motifs is 1. The highest BCUT2D eigenvalue weighted by atomic mass is 32.1. The number of nitrogens with one attached hydrogen (secondary N) is 1. The molecule has 2 unspecified atom stereocenters. The summed E-state index contributed by atoms with van der Waals surface area (Å²) >= 11 is 5.25. The van der Waals surface area contributed by atoms with Gasteiger partial charge in [0.05, 0.1) is 5.52 Å². The standard InChI is InChI=1S/C13H14F2N2S/c1-7-2-3-8(6-7)17-12-10(16-13(17)18)5-4-9(14)11(12)15/h4-5,7-8H,2-3,6H2,1H3,(H,16,18). The lowest BCUT2D eigenvalue weighted by atomic mass is 10.1. The Kier molecular flexibility index (Phi) is 2.73. The lowest BCUT2D eigenvalue weighted by Gasteiger charge is -2.13. The summed E-state index contributed by atoms with van der Waals surface area (Å²) in [5.74, 6) is -1.02. The molecule has 96 valence electrons. The molecule has 0 saturated heterocycles. The fourth-order valence-corrected chi connectivity index (χ4v) is 3.26. The molecule has 18 heavy (non-hydrogen) atoms. The first-order valence-corrected chi connectivity index (χ1v) is 6.57. The van der Waals surface area contributed by atoms with Gasteiger partial charge in [0.15, 0.2) is 16.4 Å². The first-order valence-electron chi connectivity index (χ1n) is 6.16. The SMILES string of the molecule is CC1CCC(n2c(=S)[nH]c3ccc(F)c(F)c32)C1. The normalized spacial score (nSPS) is 23.9. The van der Waals surface area contributed by atoms with Gasteiger partial charge < -0.3 is 9.55 Å². The van der Waals surface area contributed by atoms with Crippen LogP contribution in [-0.4, -0.2) is 9.55 Å². The van der Waals surface area contributed by atoms with Crippen LogP contribution in [0.2, 0.25) is 0 Å². The number of aromatic nitrogens is 2. The topological polar surface area (TPSA) is 20.7 Å². The van der Waals surface area contributed by atoms with Crippen molar-refractivity contribution in [1.29, 1.82) is 0 Å². The highest BCUT2D eigenvalue weighted by molar-refractivity contribution is 7.71. The third-order valence-corrected chi connectivity index (χ3v) is 4.10. The highest BCUT2D eigenvalue weighted by Gasteiger charge is 2.26. The van der Waals surface area contributed by atoms with Crippen molar-refractivity contribution in [3.8, 4) is 0 Å². The lowest BCUT2D eigenvalue weighted by molar-refractivity contribution is 0.479. The summed E-state index contributed by atoms with van der Waals surface area (Å²) in [6.45, 7) is 2.18. The van der Waals surface area contributed by atoms with Crippen LogP contribution in [0.3, 0.4) is 0 Å². The lowest BCUT2D eigenvalue weighted by Crippen LogP contribution is -2.06. The Bertz CT molecular complexity index is 659. The Morgan fingerprint density at radius 1 is 1.33 bits per heavy atom. The second-order valence-corrected chi connectivity index (χ2v) is 5.52. The van der Waals surface area contributed by atoms with E-state index in [1.807, 2.05) is 0 Å². The van der Waals surface area contributed by atoms with Gasteiger partial charge in [0.25, 0.3) is 0 Å². The van der Waals surface area contributed by atoms with Crippen LogP contribution in [0.1, 0.15) is 32.2 Å². The molecule has 1 aliphatic carbocycles. The maximum atomic E-state index is 14.0. The molecule has 1 saturated carbocycles. The van der Waals surface area contributed by atoms with E-state index in [-0.39, 0.29) is 11.6 Å². The first-order chi connectivity index (χ1) is 8.58. The summed E-state index contributed by atoms with van der Waals surface area (Å²) in [6.07, 6.45) is 3.05. The van der Waals surface area contributed by atoms with Crippen LogP contribution in [-0.2, 0) is 0 Å². The number of halogens is 2. The van der Waals surface area contributed by atoms with E-state index in [0.717, 1.165) is 25.3 Å². The van der Waals surface area contributed by atoms with E-state index in [2.05, 4.69) is 11.9 Å². The van der Waals surface area contributed by atoms with Crippen molar-refractivity contribution >= 4 is 23.3 Å². The minimum absolute atomic E-state index is 0.178. The number of rotatable bonds is 1. The second kappa shape index (κ2) is 4.16. The summed E-state index contributed by atoms with van der Waals surface area (Å²) < 4.78 is 29.6. The molecular formula is C13H14F2N2S. The third-order valence-electron chi connectivity index (χ3n) is 3.80. The molecule has 3 rings (SSSR count). The molecular weight excluding hydrogens is 254 g/mol. The van der Waals surface area contributed by atoms with E-state index in [4.69, 9.17) is 12.2 Å². The summed E-state index contributed by atoms with van der Waals surface area (Å²) in [5.41, 5.74) is 0.845. The minimum Gasteiger partial charge on any atom is -0.330 e. The molecule has 0 aliphatic heterocycles. The van der Waals surface area contributed by atoms with Crippen molar-refractivity contribution in [3.63, 3.8) is 0 Å². The minimum atomic E-state index is -0.823. The molecule has 1 N–H and O–H groups in total. The summed E-state index contributed by atoms with van der Waals surface area (Å²) in [7, 11) is 0. The molecule has 1 aliphatic rings. The summed E-state index contributed by atoms with van der Waals surface area (Å²) in [4.78, 5) is 2.96. The van der Waals surface area contributed by atoms with Gasteiger partial charge in [-0.05, 0) is 49.5 Å². The molecule has 0 bridgehead atoms. The molecule has 2 atom stereocenters. The number of nitrogens with zero attached hydrogens (tertiary/aromatic N) is 1. The number of hydrogen-bond acceptors (Lipinski definition) is 1. The Morgan fingerprint density at radius 3 is 2.78 bits per heavy atom. The Balaban J connectivity index is 2.25. The predicted octanol–water partition coefficient (Wildman–Crippen LogP) is 4.34. The van der Waals surface area contributed by atoms with E-state index < -0.39 is 11.6 Å². The smallest absolute Gasteiger partial charge is 0.184 e. The average Bonchev–Trinajstić information content (AvgIpc) is 2.87. The fraction of sp³-hybridized carbons (Fsp3) is 0.462. The number of hydrogen-bond donors (Lipinski definition) is 1. The van der Waals surface area contributed by atoms with E-state index in [0.29, 0.717) is 16.2 Å². The van der Waals surface area contributed by atoms with Crippen LogP contribution in [0.15, 0.2) is 12.1 Å². The predicted molar refractivity (Wildman–Crippen MR) is 69.1 cm³/mol. The van der Waals surface area contributed by atoms with Crippen LogP contribution in [0.25, 0.3) is 11.0 Å². The van der Waals surface area contributed by atoms with Gasteiger partial charge in [0, 0.05) is 6.04 Å².